The molecule has 4 nitrogen and oxygen atoms in total. The maximum Gasteiger partial charge on any atom is 0.305 e. The van der Waals surface area contributed by atoms with Crippen LogP contribution in [0, 0.1) is 5.82 Å². The molecule has 1 aromatic carbocycles. The van der Waals surface area contributed by atoms with Crippen molar-refractivity contribution < 1.29 is 23.8 Å². The van der Waals surface area contributed by atoms with Crippen molar-refractivity contribution in [2.75, 3.05) is 20.8 Å². The molecular formula is C14H21FO4. The van der Waals surface area contributed by atoms with Gasteiger partial charge in [0.25, 0.3) is 0 Å². The first-order valence-electron chi connectivity index (χ1n) is 6.10. The van der Waals surface area contributed by atoms with Crippen LogP contribution in [0.2, 0.25) is 0 Å². The molecule has 0 unspecified atom stereocenters. The van der Waals surface area contributed by atoms with Crippen LogP contribution in [0.4, 0.5) is 4.39 Å². The Hall–Kier alpha value is -1.62. The Labute approximate surface area is 113 Å². The Morgan fingerprint density at radius 3 is 2.63 bits per heavy atom. The Morgan fingerprint density at radius 1 is 1.37 bits per heavy atom. The zero-order chi connectivity index (χ0) is 14.7. The SMILES string of the molecule is CCCC(=O)OCCc1cc(F)ccc1OC.CO. The molecule has 0 aromatic heterocycles. The smallest absolute Gasteiger partial charge is 0.305 e. The molecule has 1 rings (SSSR count). The summed E-state index contributed by atoms with van der Waals surface area (Å²) in [6, 6.07) is 4.30. The standard InChI is InChI=1S/C13H17FO3.CH4O/c1-3-4-13(15)17-8-7-10-9-11(14)5-6-12(10)16-2;1-2/h5-6,9H,3-4,7-8H2,1-2H3;2H,1H3. The number of benzene rings is 1. The van der Waals surface area contributed by atoms with Gasteiger partial charge in [0.1, 0.15) is 11.6 Å². The number of aliphatic hydroxyl groups is 1. The van der Waals surface area contributed by atoms with Crippen molar-refractivity contribution in [3.05, 3.63) is 29.6 Å². The summed E-state index contributed by atoms with van der Waals surface area (Å²) < 4.78 is 23.1. The van der Waals surface area contributed by atoms with E-state index >= 15 is 0 Å². The second-order valence-electron chi connectivity index (χ2n) is 3.68. The molecule has 0 saturated heterocycles. The molecule has 1 N–H and O–H groups in total. The molecule has 0 spiro atoms. The predicted molar refractivity (Wildman–Crippen MR) is 70.7 cm³/mol. The molecule has 0 radical (unpaired) electrons. The molecule has 1 aromatic rings. The fraction of sp³-hybridized carbons (Fsp3) is 0.500. The largest absolute Gasteiger partial charge is 0.496 e. The van der Waals surface area contributed by atoms with E-state index in [1.165, 1.54) is 19.2 Å². The highest BCUT2D eigenvalue weighted by atomic mass is 19.1. The van der Waals surface area contributed by atoms with Crippen molar-refractivity contribution in [2.45, 2.75) is 26.2 Å². The van der Waals surface area contributed by atoms with Crippen LogP contribution < -0.4 is 4.74 Å². The van der Waals surface area contributed by atoms with Crippen molar-refractivity contribution in [1.82, 2.24) is 0 Å². The third-order valence-electron chi connectivity index (χ3n) is 2.33. The number of ether oxygens (including phenoxy) is 2. The molecule has 0 aliphatic carbocycles. The molecule has 0 fully saturated rings. The van der Waals surface area contributed by atoms with Crippen molar-refractivity contribution in [3.63, 3.8) is 0 Å². The van der Waals surface area contributed by atoms with Crippen LogP contribution in [0.5, 0.6) is 5.75 Å². The van der Waals surface area contributed by atoms with Gasteiger partial charge in [0.15, 0.2) is 0 Å². The highest BCUT2D eigenvalue weighted by molar-refractivity contribution is 5.69. The summed E-state index contributed by atoms with van der Waals surface area (Å²) in [5, 5.41) is 7.00. The van der Waals surface area contributed by atoms with E-state index in [2.05, 4.69) is 0 Å². The topological polar surface area (TPSA) is 55.8 Å². The third kappa shape index (κ3) is 6.76. The van der Waals surface area contributed by atoms with Gasteiger partial charge in [-0.3, -0.25) is 4.79 Å². The molecule has 0 aliphatic rings. The van der Waals surface area contributed by atoms with E-state index < -0.39 is 0 Å². The van der Waals surface area contributed by atoms with Crippen LogP contribution in [-0.4, -0.2) is 31.9 Å². The lowest BCUT2D eigenvalue weighted by Gasteiger charge is -2.09. The van der Waals surface area contributed by atoms with Crippen molar-refractivity contribution in [1.29, 1.82) is 0 Å². The number of carbonyl (C=O) groups is 1. The van der Waals surface area contributed by atoms with Gasteiger partial charge in [0, 0.05) is 25.5 Å². The van der Waals surface area contributed by atoms with Crippen LogP contribution in [0.25, 0.3) is 0 Å². The Balaban J connectivity index is 0.00000154. The van der Waals surface area contributed by atoms with Crippen molar-refractivity contribution in [2.24, 2.45) is 0 Å². The second kappa shape index (κ2) is 10.3. The maximum atomic E-state index is 13.0. The number of methoxy groups -OCH3 is 1. The Morgan fingerprint density at radius 2 is 2.05 bits per heavy atom. The molecule has 0 bridgehead atoms. The maximum absolute atomic E-state index is 13.0. The molecule has 0 heterocycles. The number of aliphatic hydroxyl groups excluding tert-OH is 1. The first kappa shape index (κ1) is 17.4. The molecule has 19 heavy (non-hydrogen) atoms. The van der Waals surface area contributed by atoms with Crippen molar-refractivity contribution in [3.8, 4) is 5.75 Å². The molecule has 108 valence electrons. The van der Waals surface area contributed by atoms with Crippen LogP contribution in [0.15, 0.2) is 18.2 Å². The molecule has 5 heteroatoms. The number of hydrogen-bond acceptors (Lipinski definition) is 4. The minimum absolute atomic E-state index is 0.220. The lowest BCUT2D eigenvalue weighted by molar-refractivity contribution is -0.143. The molecule has 0 saturated carbocycles. The Bertz CT molecular complexity index is 380. The average Bonchev–Trinajstić information content (AvgIpc) is 2.41. The summed E-state index contributed by atoms with van der Waals surface area (Å²) in [7, 11) is 2.53. The monoisotopic (exact) mass is 272 g/mol. The highest BCUT2D eigenvalue weighted by Gasteiger charge is 2.06. The summed E-state index contributed by atoms with van der Waals surface area (Å²) in [6.45, 7) is 2.16. The lowest BCUT2D eigenvalue weighted by Crippen LogP contribution is -2.07. The average molecular weight is 272 g/mol. The van der Waals surface area contributed by atoms with Gasteiger partial charge >= 0.3 is 5.97 Å². The van der Waals surface area contributed by atoms with Gasteiger partial charge in [-0.2, -0.15) is 0 Å². The summed E-state index contributed by atoms with van der Waals surface area (Å²) in [4.78, 5) is 11.1. The van der Waals surface area contributed by atoms with E-state index in [4.69, 9.17) is 14.6 Å². The molecule has 0 atom stereocenters. The van der Waals surface area contributed by atoms with Crippen LogP contribution in [0.1, 0.15) is 25.3 Å². The van der Waals surface area contributed by atoms with Gasteiger partial charge in [0.05, 0.1) is 13.7 Å². The van der Waals surface area contributed by atoms with E-state index in [0.29, 0.717) is 24.2 Å². The van der Waals surface area contributed by atoms with E-state index in [0.717, 1.165) is 13.5 Å². The van der Waals surface area contributed by atoms with Crippen LogP contribution in [-0.2, 0) is 16.0 Å². The van der Waals surface area contributed by atoms with Gasteiger partial charge in [-0.25, -0.2) is 4.39 Å². The number of halogens is 1. The van der Waals surface area contributed by atoms with Gasteiger partial charge in [-0.05, 0) is 24.6 Å². The minimum Gasteiger partial charge on any atom is -0.496 e. The third-order valence-corrected chi connectivity index (χ3v) is 2.33. The van der Waals surface area contributed by atoms with E-state index in [1.54, 1.807) is 6.07 Å². The van der Waals surface area contributed by atoms with Crippen LogP contribution >= 0.6 is 0 Å². The Kier molecular flexibility index (Phi) is 9.44. The summed E-state index contributed by atoms with van der Waals surface area (Å²) >= 11 is 0. The summed E-state index contributed by atoms with van der Waals surface area (Å²) in [5.74, 6) is 0.0708. The quantitative estimate of drug-likeness (QED) is 0.807. The zero-order valence-electron chi connectivity index (χ0n) is 11.6. The number of hydrogen-bond donors (Lipinski definition) is 1. The summed E-state index contributed by atoms with van der Waals surface area (Å²) in [6.07, 6.45) is 1.64. The van der Waals surface area contributed by atoms with Gasteiger partial charge in [-0.15, -0.1) is 0 Å². The molecule has 0 aliphatic heterocycles. The normalized spacial score (nSPS) is 9.32. The number of esters is 1. The molecular weight excluding hydrogens is 251 g/mol. The first-order valence-corrected chi connectivity index (χ1v) is 6.10. The predicted octanol–water partition coefficient (Wildman–Crippen LogP) is 2.33. The van der Waals surface area contributed by atoms with Gasteiger partial charge in [0.2, 0.25) is 0 Å². The second-order valence-corrected chi connectivity index (χ2v) is 3.68. The van der Waals surface area contributed by atoms with Gasteiger partial charge in [-0.1, -0.05) is 6.92 Å². The summed E-state index contributed by atoms with van der Waals surface area (Å²) in [5.41, 5.74) is 0.705. The van der Waals surface area contributed by atoms with E-state index in [9.17, 15) is 9.18 Å². The zero-order valence-corrected chi connectivity index (χ0v) is 11.6. The highest BCUT2D eigenvalue weighted by Crippen LogP contribution is 2.19. The lowest BCUT2D eigenvalue weighted by atomic mass is 10.1. The van der Waals surface area contributed by atoms with Crippen molar-refractivity contribution >= 4 is 5.97 Å². The fourth-order valence-electron chi connectivity index (χ4n) is 1.49. The van der Waals surface area contributed by atoms with Gasteiger partial charge < -0.3 is 14.6 Å². The molecule has 0 amide bonds. The van der Waals surface area contributed by atoms with E-state index in [1.807, 2.05) is 6.92 Å². The number of rotatable bonds is 6. The number of carbonyl (C=O) groups excluding carboxylic acids is 1. The first-order chi connectivity index (χ1) is 9.17. The van der Waals surface area contributed by atoms with Crippen LogP contribution in [0.3, 0.4) is 0 Å². The fourth-order valence-corrected chi connectivity index (χ4v) is 1.49. The minimum atomic E-state index is -0.319. The van der Waals surface area contributed by atoms with E-state index in [-0.39, 0.29) is 18.4 Å².